The van der Waals surface area contributed by atoms with Crippen molar-refractivity contribution in [2.24, 2.45) is 0 Å². The minimum absolute atomic E-state index is 0.690. The molecule has 4 heteroatoms. The van der Waals surface area contributed by atoms with E-state index in [1.807, 2.05) is 24.3 Å². The van der Waals surface area contributed by atoms with E-state index in [4.69, 9.17) is 4.74 Å². The molecule has 1 saturated carbocycles. The molecular weight excluding hydrogens is 304 g/mol. The second-order valence-electron chi connectivity index (χ2n) is 4.70. The highest BCUT2D eigenvalue weighted by molar-refractivity contribution is 9.10. The van der Waals surface area contributed by atoms with Crippen LogP contribution in [0.15, 0.2) is 47.2 Å². The molecule has 0 bridgehead atoms. The van der Waals surface area contributed by atoms with Gasteiger partial charge in [-0.25, -0.2) is 0 Å². The molecule has 0 atom stereocenters. The Morgan fingerprint density at radius 3 is 2.95 bits per heavy atom. The van der Waals surface area contributed by atoms with E-state index < -0.39 is 0 Å². The van der Waals surface area contributed by atoms with E-state index in [0.717, 1.165) is 22.5 Å². The van der Waals surface area contributed by atoms with Crippen LogP contribution in [0.4, 0.5) is 0 Å². The van der Waals surface area contributed by atoms with Gasteiger partial charge in [0.25, 0.3) is 0 Å². The van der Waals surface area contributed by atoms with E-state index >= 15 is 0 Å². The molecular formula is C15H15BrN2O. The third-order valence-electron chi connectivity index (χ3n) is 3.05. The van der Waals surface area contributed by atoms with E-state index in [-0.39, 0.29) is 0 Å². The molecule has 19 heavy (non-hydrogen) atoms. The molecule has 0 spiro atoms. The van der Waals surface area contributed by atoms with Crippen molar-refractivity contribution in [3.63, 3.8) is 0 Å². The molecule has 0 saturated heterocycles. The first kappa shape index (κ1) is 12.6. The SMILES string of the molecule is Brc1ccc(CNC2CC2)c(Oc2cccnc2)c1. The van der Waals surface area contributed by atoms with Gasteiger partial charge in [-0.15, -0.1) is 0 Å². The number of rotatable bonds is 5. The summed E-state index contributed by atoms with van der Waals surface area (Å²) in [6, 6.07) is 10.6. The van der Waals surface area contributed by atoms with Gasteiger partial charge in [0.2, 0.25) is 0 Å². The monoisotopic (exact) mass is 318 g/mol. The Balaban J connectivity index is 1.78. The Kier molecular flexibility index (Phi) is 3.80. The summed E-state index contributed by atoms with van der Waals surface area (Å²) >= 11 is 3.49. The van der Waals surface area contributed by atoms with Crippen LogP contribution in [0.5, 0.6) is 11.5 Å². The number of benzene rings is 1. The Bertz CT molecular complexity index is 555. The summed E-state index contributed by atoms with van der Waals surface area (Å²) in [5, 5.41) is 3.51. The number of pyridine rings is 1. The first-order valence-corrected chi connectivity index (χ1v) is 7.20. The molecule has 1 aliphatic rings. The summed E-state index contributed by atoms with van der Waals surface area (Å²) in [6.07, 6.45) is 6.03. The van der Waals surface area contributed by atoms with Crippen LogP contribution < -0.4 is 10.1 Å². The molecule has 0 unspecified atom stereocenters. The predicted molar refractivity (Wildman–Crippen MR) is 78.3 cm³/mol. The molecule has 1 aliphatic carbocycles. The standard InChI is InChI=1S/C15H15BrN2O/c16-12-4-3-11(9-18-13-5-6-13)15(8-12)19-14-2-1-7-17-10-14/h1-4,7-8,10,13,18H,5-6,9H2. The third kappa shape index (κ3) is 3.55. The van der Waals surface area contributed by atoms with Crippen molar-refractivity contribution in [2.75, 3.05) is 0 Å². The van der Waals surface area contributed by atoms with Crippen LogP contribution in [0, 0.1) is 0 Å². The fraction of sp³-hybridized carbons (Fsp3) is 0.267. The fourth-order valence-corrected chi connectivity index (χ4v) is 2.19. The average Bonchev–Trinajstić information content (AvgIpc) is 3.23. The topological polar surface area (TPSA) is 34.1 Å². The zero-order chi connectivity index (χ0) is 13.1. The zero-order valence-electron chi connectivity index (χ0n) is 10.5. The van der Waals surface area contributed by atoms with E-state index in [1.165, 1.54) is 18.4 Å². The molecule has 0 radical (unpaired) electrons. The highest BCUT2D eigenvalue weighted by Gasteiger charge is 2.20. The lowest BCUT2D eigenvalue weighted by Gasteiger charge is -2.12. The van der Waals surface area contributed by atoms with Crippen LogP contribution in [-0.2, 0) is 6.54 Å². The molecule has 1 aromatic carbocycles. The maximum absolute atomic E-state index is 5.91. The van der Waals surface area contributed by atoms with Crippen molar-refractivity contribution in [2.45, 2.75) is 25.4 Å². The second-order valence-corrected chi connectivity index (χ2v) is 5.61. The Morgan fingerprint density at radius 1 is 1.32 bits per heavy atom. The zero-order valence-corrected chi connectivity index (χ0v) is 12.1. The summed E-state index contributed by atoms with van der Waals surface area (Å²) in [4.78, 5) is 4.06. The van der Waals surface area contributed by atoms with Gasteiger partial charge in [0, 0.05) is 28.8 Å². The van der Waals surface area contributed by atoms with Gasteiger partial charge in [0.15, 0.2) is 0 Å². The average molecular weight is 319 g/mol. The van der Waals surface area contributed by atoms with Crippen LogP contribution in [0.2, 0.25) is 0 Å². The van der Waals surface area contributed by atoms with E-state index in [1.54, 1.807) is 12.4 Å². The van der Waals surface area contributed by atoms with Crippen molar-refractivity contribution in [3.05, 3.63) is 52.8 Å². The van der Waals surface area contributed by atoms with Crippen LogP contribution in [0.1, 0.15) is 18.4 Å². The Hall–Kier alpha value is -1.39. The van der Waals surface area contributed by atoms with Crippen molar-refractivity contribution in [1.82, 2.24) is 10.3 Å². The summed E-state index contributed by atoms with van der Waals surface area (Å²) in [5.41, 5.74) is 1.17. The minimum atomic E-state index is 0.690. The van der Waals surface area contributed by atoms with Gasteiger partial charge in [-0.2, -0.15) is 0 Å². The minimum Gasteiger partial charge on any atom is -0.455 e. The van der Waals surface area contributed by atoms with Crippen LogP contribution in [0.3, 0.4) is 0 Å². The number of hydrogen-bond donors (Lipinski definition) is 1. The molecule has 3 nitrogen and oxygen atoms in total. The van der Waals surface area contributed by atoms with Crippen molar-refractivity contribution in [3.8, 4) is 11.5 Å². The summed E-state index contributed by atoms with van der Waals surface area (Å²) in [7, 11) is 0. The first-order chi connectivity index (χ1) is 9.31. The predicted octanol–water partition coefficient (Wildman–Crippen LogP) is 3.89. The Labute approximate surface area is 121 Å². The molecule has 1 aromatic heterocycles. The van der Waals surface area contributed by atoms with Gasteiger partial charge < -0.3 is 10.1 Å². The highest BCUT2D eigenvalue weighted by Crippen LogP contribution is 2.29. The number of nitrogens with zero attached hydrogens (tertiary/aromatic N) is 1. The number of aromatic nitrogens is 1. The van der Waals surface area contributed by atoms with Gasteiger partial charge in [-0.05, 0) is 37.1 Å². The lowest BCUT2D eigenvalue weighted by Crippen LogP contribution is -2.15. The first-order valence-electron chi connectivity index (χ1n) is 6.41. The van der Waals surface area contributed by atoms with Gasteiger partial charge in [0.1, 0.15) is 11.5 Å². The molecule has 1 N–H and O–H groups in total. The smallest absolute Gasteiger partial charge is 0.145 e. The van der Waals surface area contributed by atoms with Gasteiger partial charge >= 0.3 is 0 Å². The summed E-state index contributed by atoms with van der Waals surface area (Å²) in [6.45, 7) is 0.841. The van der Waals surface area contributed by atoms with Gasteiger partial charge in [0.05, 0.1) is 6.20 Å². The van der Waals surface area contributed by atoms with E-state index in [2.05, 4.69) is 32.3 Å². The molecule has 98 valence electrons. The summed E-state index contributed by atoms with van der Waals surface area (Å²) in [5.74, 6) is 1.63. The molecule has 1 fully saturated rings. The Morgan fingerprint density at radius 2 is 2.21 bits per heavy atom. The maximum atomic E-state index is 5.91. The quantitative estimate of drug-likeness (QED) is 0.908. The normalized spacial score (nSPS) is 14.4. The van der Waals surface area contributed by atoms with E-state index in [0.29, 0.717) is 6.04 Å². The second kappa shape index (κ2) is 5.72. The highest BCUT2D eigenvalue weighted by atomic mass is 79.9. The molecule has 0 amide bonds. The third-order valence-corrected chi connectivity index (χ3v) is 3.54. The number of halogens is 1. The van der Waals surface area contributed by atoms with Crippen molar-refractivity contribution >= 4 is 15.9 Å². The molecule has 1 heterocycles. The lowest BCUT2D eigenvalue weighted by atomic mass is 10.2. The number of nitrogens with one attached hydrogen (secondary N) is 1. The summed E-state index contributed by atoms with van der Waals surface area (Å²) < 4.78 is 6.93. The fourth-order valence-electron chi connectivity index (χ4n) is 1.85. The van der Waals surface area contributed by atoms with Crippen LogP contribution in [-0.4, -0.2) is 11.0 Å². The molecule has 2 aromatic rings. The van der Waals surface area contributed by atoms with E-state index in [9.17, 15) is 0 Å². The van der Waals surface area contributed by atoms with Crippen LogP contribution >= 0.6 is 15.9 Å². The van der Waals surface area contributed by atoms with Crippen molar-refractivity contribution < 1.29 is 4.74 Å². The molecule has 3 rings (SSSR count). The van der Waals surface area contributed by atoms with Gasteiger partial charge in [-0.1, -0.05) is 22.0 Å². The van der Waals surface area contributed by atoms with Gasteiger partial charge in [-0.3, -0.25) is 4.98 Å². The number of ether oxygens (including phenoxy) is 1. The lowest BCUT2D eigenvalue weighted by molar-refractivity contribution is 0.470. The maximum Gasteiger partial charge on any atom is 0.145 e. The largest absolute Gasteiger partial charge is 0.455 e. The van der Waals surface area contributed by atoms with Crippen molar-refractivity contribution in [1.29, 1.82) is 0 Å². The number of hydrogen-bond acceptors (Lipinski definition) is 3. The van der Waals surface area contributed by atoms with Crippen LogP contribution in [0.25, 0.3) is 0 Å². The molecule has 0 aliphatic heterocycles.